The molecule has 2 aromatic rings. The fourth-order valence-electron chi connectivity index (χ4n) is 2.93. The van der Waals surface area contributed by atoms with Crippen molar-refractivity contribution >= 4 is 0 Å². The molecule has 5 heteroatoms. The summed E-state index contributed by atoms with van der Waals surface area (Å²) < 4.78 is 4.19. The predicted octanol–water partition coefficient (Wildman–Crippen LogP) is 1.80. The van der Waals surface area contributed by atoms with Gasteiger partial charge in [-0.2, -0.15) is 5.10 Å². The van der Waals surface area contributed by atoms with E-state index in [-0.39, 0.29) is 0 Å². The number of hydrogen-bond acceptors (Lipinski definition) is 3. The average Bonchev–Trinajstić information content (AvgIpc) is 3.03. The number of imidazole rings is 1. The molecule has 0 aliphatic heterocycles. The molecule has 0 bridgehead atoms. The van der Waals surface area contributed by atoms with Gasteiger partial charge in [0.1, 0.15) is 0 Å². The second kappa shape index (κ2) is 5.17. The van der Waals surface area contributed by atoms with Crippen molar-refractivity contribution in [3.05, 3.63) is 35.7 Å². The number of aromatic nitrogens is 4. The first kappa shape index (κ1) is 12.4. The van der Waals surface area contributed by atoms with Crippen LogP contribution in [0.15, 0.2) is 18.7 Å². The topological polar surface area (TPSA) is 47.7 Å². The number of nitrogens with zero attached hydrogens (tertiary/aromatic N) is 4. The molecule has 0 amide bonds. The van der Waals surface area contributed by atoms with Crippen molar-refractivity contribution in [3.8, 4) is 0 Å². The van der Waals surface area contributed by atoms with Gasteiger partial charge in [-0.05, 0) is 26.2 Å². The maximum atomic E-state index is 4.39. The Morgan fingerprint density at radius 2 is 2.32 bits per heavy atom. The highest BCUT2D eigenvalue weighted by Crippen LogP contribution is 2.29. The van der Waals surface area contributed by atoms with Crippen LogP contribution in [0.5, 0.6) is 0 Å². The highest BCUT2D eigenvalue weighted by molar-refractivity contribution is 5.24. The van der Waals surface area contributed by atoms with Crippen LogP contribution in [0, 0.1) is 0 Å². The van der Waals surface area contributed by atoms with E-state index >= 15 is 0 Å². The molecule has 0 radical (unpaired) electrons. The fraction of sp³-hybridized carbons (Fsp3) is 0.571. The van der Waals surface area contributed by atoms with Crippen molar-refractivity contribution in [1.29, 1.82) is 0 Å². The van der Waals surface area contributed by atoms with Gasteiger partial charge in [0.25, 0.3) is 0 Å². The van der Waals surface area contributed by atoms with E-state index in [1.807, 2.05) is 30.5 Å². The average molecular weight is 259 g/mol. The van der Waals surface area contributed by atoms with E-state index in [2.05, 4.69) is 26.9 Å². The van der Waals surface area contributed by atoms with E-state index in [1.54, 1.807) is 0 Å². The molecule has 1 aliphatic rings. The zero-order valence-electron chi connectivity index (χ0n) is 11.6. The number of hydrogen-bond donors (Lipinski definition) is 1. The van der Waals surface area contributed by atoms with E-state index in [9.17, 15) is 0 Å². The van der Waals surface area contributed by atoms with E-state index in [1.165, 1.54) is 29.8 Å². The summed E-state index contributed by atoms with van der Waals surface area (Å²) in [5.74, 6) is 0. The van der Waals surface area contributed by atoms with Gasteiger partial charge >= 0.3 is 0 Å². The summed E-state index contributed by atoms with van der Waals surface area (Å²) in [6.07, 6.45) is 9.44. The summed E-state index contributed by atoms with van der Waals surface area (Å²) in [4.78, 5) is 4.21. The molecule has 5 nitrogen and oxygen atoms in total. The number of fused-ring (bicyclic) bond motifs is 1. The Kier molecular flexibility index (Phi) is 3.38. The van der Waals surface area contributed by atoms with Crippen LogP contribution in [0.25, 0.3) is 0 Å². The normalized spacial score (nSPS) is 18.5. The summed E-state index contributed by atoms with van der Waals surface area (Å²) in [7, 11) is 2.04. The van der Waals surface area contributed by atoms with Gasteiger partial charge in [0.15, 0.2) is 0 Å². The number of aryl methyl sites for hydroxylation is 2. The van der Waals surface area contributed by atoms with Crippen LogP contribution >= 0.6 is 0 Å². The standard InChI is InChI=1S/C14H21N5/c1-3-19-10-15-7-11(19)8-16-13-5-4-6-14-12(13)9-17-18(14)2/h7,9-10,13,16H,3-6,8H2,1-2H3. The molecule has 3 rings (SSSR count). The van der Waals surface area contributed by atoms with Gasteiger partial charge in [-0.25, -0.2) is 4.98 Å². The van der Waals surface area contributed by atoms with Crippen LogP contribution in [-0.2, 0) is 26.6 Å². The molecule has 0 saturated carbocycles. The Hall–Kier alpha value is -1.62. The van der Waals surface area contributed by atoms with Crippen LogP contribution in [0.1, 0.15) is 42.8 Å². The van der Waals surface area contributed by atoms with Crippen LogP contribution < -0.4 is 5.32 Å². The van der Waals surface area contributed by atoms with Crippen LogP contribution in [-0.4, -0.2) is 19.3 Å². The van der Waals surface area contributed by atoms with Gasteiger partial charge in [0.2, 0.25) is 0 Å². The SMILES string of the molecule is CCn1cncc1CNC1CCCc2c1cnn2C. The lowest BCUT2D eigenvalue weighted by molar-refractivity contribution is 0.444. The molecular formula is C14H21N5. The number of rotatable bonds is 4. The molecule has 1 unspecified atom stereocenters. The molecule has 2 heterocycles. The second-order valence-corrected chi connectivity index (χ2v) is 5.17. The molecular weight excluding hydrogens is 238 g/mol. The van der Waals surface area contributed by atoms with Crippen LogP contribution in [0.2, 0.25) is 0 Å². The fourth-order valence-corrected chi connectivity index (χ4v) is 2.93. The van der Waals surface area contributed by atoms with E-state index in [0.29, 0.717) is 6.04 Å². The van der Waals surface area contributed by atoms with Gasteiger partial charge in [-0.1, -0.05) is 0 Å². The molecule has 102 valence electrons. The molecule has 1 atom stereocenters. The molecule has 1 aliphatic carbocycles. The quantitative estimate of drug-likeness (QED) is 0.911. The van der Waals surface area contributed by atoms with Crippen LogP contribution in [0.4, 0.5) is 0 Å². The molecule has 0 saturated heterocycles. The lowest BCUT2D eigenvalue weighted by Crippen LogP contribution is -2.25. The molecule has 0 aromatic carbocycles. The molecule has 1 N–H and O–H groups in total. The van der Waals surface area contributed by atoms with Crippen molar-refractivity contribution in [2.75, 3.05) is 0 Å². The monoisotopic (exact) mass is 259 g/mol. The Morgan fingerprint density at radius 3 is 3.16 bits per heavy atom. The first-order valence-corrected chi connectivity index (χ1v) is 7.02. The summed E-state index contributed by atoms with van der Waals surface area (Å²) >= 11 is 0. The highest BCUT2D eigenvalue weighted by Gasteiger charge is 2.23. The Balaban J connectivity index is 1.71. The zero-order chi connectivity index (χ0) is 13.2. The Labute approximate surface area is 113 Å². The maximum Gasteiger partial charge on any atom is 0.0948 e. The highest BCUT2D eigenvalue weighted by atomic mass is 15.3. The van der Waals surface area contributed by atoms with Gasteiger partial charge in [-0.15, -0.1) is 0 Å². The summed E-state index contributed by atoms with van der Waals surface area (Å²) in [6, 6.07) is 0.428. The molecule has 0 spiro atoms. The van der Waals surface area contributed by atoms with Gasteiger partial charge in [-0.3, -0.25) is 4.68 Å². The zero-order valence-corrected chi connectivity index (χ0v) is 11.6. The summed E-state index contributed by atoms with van der Waals surface area (Å²) in [6.45, 7) is 3.98. The van der Waals surface area contributed by atoms with E-state index in [0.717, 1.165) is 19.5 Å². The third-order valence-electron chi connectivity index (χ3n) is 4.04. The smallest absolute Gasteiger partial charge is 0.0948 e. The molecule has 2 aromatic heterocycles. The van der Waals surface area contributed by atoms with Gasteiger partial charge in [0.05, 0.1) is 18.2 Å². The molecule has 19 heavy (non-hydrogen) atoms. The maximum absolute atomic E-state index is 4.39. The lowest BCUT2D eigenvalue weighted by atomic mass is 9.93. The van der Waals surface area contributed by atoms with Crippen molar-refractivity contribution in [2.45, 2.75) is 45.3 Å². The van der Waals surface area contributed by atoms with Gasteiger partial charge < -0.3 is 9.88 Å². The molecule has 0 fully saturated rings. The minimum absolute atomic E-state index is 0.428. The van der Waals surface area contributed by atoms with E-state index in [4.69, 9.17) is 0 Å². The number of nitrogens with one attached hydrogen (secondary N) is 1. The largest absolute Gasteiger partial charge is 0.334 e. The Morgan fingerprint density at radius 1 is 1.42 bits per heavy atom. The van der Waals surface area contributed by atoms with Crippen molar-refractivity contribution in [3.63, 3.8) is 0 Å². The lowest BCUT2D eigenvalue weighted by Gasteiger charge is -2.24. The van der Waals surface area contributed by atoms with Crippen LogP contribution in [0.3, 0.4) is 0 Å². The van der Waals surface area contributed by atoms with Crippen molar-refractivity contribution in [2.24, 2.45) is 7.05 Å². The Bertz CT molecular complexity index is 554. The van der Waals surface area contributed by atoms with Crippen molar-refractivity contribution in [1.82, 2.24) is 24.6 Å². The van der Waals surface area contributed by atoms with Gasteiger partial charge in [0, 0.05) is 43.6 Å². The second-order valence-electron chi connectivity index (χ2n) is 5.17. The third-order valence-corrected chi connectivity index (χ3v) is 4.04. The van der Waals surface area contributed by atoms with Crippen molar-refractivity contribution < 1.29 is 0 Å². The summed E-state index contributed by atoms with van der Waals surface area (Å²) in [5, 5.41) is 8.04. The minimum Gasteiger partial charge on any atom is -0.334 e. The third kappa shape index (κ3) is 2.30. The van der Waals surface area contributed by atoms with E-state index < -0.39 is 0 Å². The summed E-state index contributed by atoms with van der Waals surface area (Å²) in [5.41, 5.74) is 4.00. The predicted molar refractivity (Wildman–Crippen MR) is 73.6 cm³/mol. The minimum atomic E-state index is 0.428. The first-order chi connectivity index (χ1) is 9.29. The first-order valence-electron chi connectivity index (χ1n) is 7.02.